The van der Waals surface area contributed by atoms with Crippen LogP contribution in [-0.2, 0) is 19.2 Å². The Kier molecular flexibility index (Phi) is 5.99. The highest BCUT2D eigenvalue weighted by molar-refractivity contribution is 6.02. The van der Waals surface area contributed by atoms with E-state index in [0.29, 0.717) is 6.42 Å². The first-order valence-corrected chi connectivity index (χ1v) is 14.6. The highest BCUT2D eigenvalue weighted by Gasteiger charge is 2.72. The summed E-state index contributed by atoms with van der Waals surface area (Å²) in [4.78, 5) is 50.2. The second-order valence-electron chi connectivity index (χ2n) is 15.5. The van der Waals surface area contributed by atoms with E-state index in [9.17, 15) is 14.4 Å². The Morgan fingerprint density at radius 2 is 1.63 bits per heavy atom. The maximum absolute atomic E-state index is 14.5. The van der Waals surface area contributed by atoms with Gasteiger partial charge in [-0.15, -0.1) is 0 Å². The molecule has 4 fully saturated rings. The van der Waals surface area contributed by atoms with Crippen molar-refractivity contribution in [3.8, 4) is 0 Å². The molecule has 5 aliphatic rings. The number of hydrogen-bond donors (Lipinski definition) is 1. The zero-order valence-corrected chi connectivity index (χ0v) is 24.6. The minimum Gasteiger partial charge on any atom is -0.307 e. The first kappa shape index (κ1) is 27.6. The normalized spacial score (nSPS) is 46.9. The van der Waals surface area contributed by atoms with Crippen LogP contribution in [0.1, 0.15) is 99.8 Å². The van der Waals surface area contributed by atoms with Crippen LogP contribution in [0, 0.1) is 62.7 Å². The van der Waals surface area contributed by atoms with Crippen LogP contribution in [0.5, 0.6) is 0 Å². The van der Waals surface area contributed by atoms with Gasteiger partial charge in [-0.1, -0.05) is 54.5 Å². The standard InChI is InChI=1S/C32H46N2O4/c1-27(2)12-14-32(26(37)34-38-9)15-13-31(7)24(19(32)17-27)21(35)16-23-29(5)18-20(33-8)25(36)28(3,4)22(29)10-11-30(23,31)6/h18-19,22-24H,10-17H2,1-7,9H3,(H,34,37)/t19-,22-,23+,24-,29-,30+,31+,32-/m0/s1. The predicted octanol–water partition coefficient (Wildman–Crippen LogP) is 6.32. The van der Waals surface area contributed by atoms with Gasteiger partial charge in [-0.05, 0) is 84.4 Å². The number of hydrogen-bond acceptors (Lipinski definition) is 4. The smallest absolute Gasteiger partial charge is 0.250 e. The van der Waals surface area contributed by atoms with Crippen LogP contribution in [0.2, 0.25) is 0 Å². The third-order valence-electron chi connectivity index (χ3n) is 13.1. The van der Waals surface area contributed by atoms with Gasteiger partial charge >= 0.3 is 0 Å². The molecule has 0 radical (unpaired) electrons. The molecule has 0 aromatic carbocycles. The van der Waals surface area contributed by atoms with Crippen molar-refractivity contribution in [2.45, 2.75) is 99.8 Å². The van der Waals surface area contributed by atoms with Crippen molar-refractivity contribution in [2.75, 3.05) is 7.11 Å². The summed E-state index contributed by atoms with van der Waals surface area (Å²) in [6.45, 7) is 23.3. The van der Waals surface area contributed by atoms with Crippen LogP contribution >= 0.6 is 0 Å². The maximum atomic E-state index is 14.5. The Labute approximate surface area is 228 Å². The van der Waals surface area contributed by atoms with E-state index in [4.69, 9.17) is 11.4 Å². The molecule has 0 bridgehead atoms. The molecule has 1 N–H and O–H groups in total. The molecular formula is C32H46N2O4. The number of ketones is 2. The van der Waals surface area contributed by atoms with Crippen LogP contribution in [0.4, 0.5) is 0 Å². The van der Waals surface area contributed by atoms with Gasteiger partial charge in [0.2, 0.25) is 11.6 Å². The predicted molar refractivity (Wildman–Crippen MR) is 145 cm³/mol. The van der Waals surface area contributed by atoms with Crippen LogP contribution in [-0.4, -0.2) is 24.6 Å². The first-order valence-electron chi connectivity index (χ1n) is 14.6. The number of rotatable bonds is 2. The first-order chi connectivity index (χ1) is 17.5. The molecule has 5 rings (SSSR count). The molecule has 6 heteroatoms. The zero-order chi connectivity index (χ0) is 28.1. The minimum absolute atomic E-state index is 0.0188. The number of fused-ring (bicyclic) bond motifs is 7. The molecule has 0 heterocycles. The number of amides is 1. The summed E-state index contributed by atoms with van der Waals surface area (Å²) in [5.41, 5.74) is 0.987. The highest BCUT2D eigenvalue weighted by Crippen LogP contribution is 2.75. The van der Waals surface area contributed by atoms with E-state index in [-0.39, 0.29) is 63.1 Å². The quantitative estimate of drug-likeness (QED) is 0.340. The lowest BCUT2D eigenvalue weighted by Crippen LogP contribution is -2.69. The van der Waals surface area contributed by atoms with Crippen molar-refractivity contribution in [3.63, 3.8) is 0 Å². The summed E-state index contributed by atoms with van der Waals surface area (Å²) in [6.07, 6.45) is 8.48. The van der Waals surface area contributed by atoms with Gasteiger partial charge in [0.25, 0.3) is 0 Å². The molecule has 4 saturated carbocycles. The van der Waals surface area contributed by atoms with Gasteiger partial charge in [-0.3, -0.25) is 14.4 Å². The molecule has 5 aliphatic carbocycles. The maximum Gasteiger partial charge on any atom is 0.250 e. The van der Waals surface area contributed by atoms with Crippen molar-refractivity contribution in [2.24, 2.45) is 56.2 Å². The van der Waals surface area contributed by atoms with E-state index >= 15 is 0 Å². The number of Topliss-reactive ketones (excluding diaryl/α,β-unsaturated/α-hetero) is 2. The van der Waals surface area contributed by atoms with Gasteiger partial charge in [0.15, 0.2) is 5.78 Å². The van der Waals surface area contributed by atoms with E-state index in [1.807, 2.05) is 19.9 Å². The van der Waals surface area contributed by atoms with Crippen molar-refractivity contribution < 1.29 is 19.2 Å². The minimum atomic E-state index is -0.626. The Morgan fingerprint density at radius 3 is 2.26 bits per heavy atom. The SMILES string of the molecule is [C-]#[N+]C1=C[C@]2(C)[C@H]3CC(=O)[C@@H]4[C@@H]5CC(C)(C)CC[C@]5(C(=O)NOC)CC[C@@]4(C)[C@]3(C)CC[C@H]2C(C)(C)C1=O. The third kappa shape index (κ3) is 3.30. The lowest BCUT2D eigenvalue weighted by molar-refractivity contribution is -0.223. The van der Waals surface area contributed by atoms with E-state index < -0.39 is 16.2 Å². The van der Waals surface area contributed by atoms with Crippen molar-refractivity contribution in [1.82, 2.24) is 5.48 Å². The van der Waals surface area contributed by atoms with Crippen LogP contribution in [0.25, 0.3) is 4.85 Å². The highest BCUT2D eigenvalue weighted by atomic mass is 16.6. The van der Waals surface area contributed by atoms with E-state index in [1.54, 1.807) is 0 Å². The molecule has 38 heavy (non-hydrogen) atoms. The van der Waals surface area contributed by atoms with E-state index in [1.165, 1.54) is 7.11 Å². The van der Waals surface area contributed by atoms with E-state index in [2.05, 4.69) is 44.9 Å². The summed E-state index contributed by atoms with van der Waals surface area (Å²) in [5.74, 6) is 0.126. The average molecular weight is 523 g/mol. The van der Waals surface area contributed by atoms with Crippen LogP contribution < -0.4 is 5.48 Å². The molecule has 0 aromatic rings. The number of allylic oxidation sites excluding steroid dienone is 2. The summed E-state index contributed by atoms with van der Waals surface area (Å²) >= 11 is 0. The molecular weight excluding hydrogens is 476 g/mol. The fourth-order valence-corrected chi connectivity index (χ4v) is 10.9. The molecule has 8 atom stereocenters. The van der Waals surface area contributed by atoms with Gasteiger partial charge in [0.05, 0.1) is 19.1 Å². The molecule has 0 aliphatic heterocycles. The lowest BCUT2D eigenvalue weighted by atomic mass is 9.31. The summed E-state index contributed by atoms with van der Waals surface area (Å²) in [6, 6.07) is 0. The van der Waals surface area contributed by atoms with Gasteiger partial charge in [0.1, 0.15) is 5.78 Å². The monoisotopic (exact) mass is 522 g/mol. The van der Waals surface area contributed by atoms with Crippen molar-refractivity contribution in [3.05, 3.63) is 23.2 Å². The summed E-state index contributed by atoms with van der Waals surface area (Å²) < 4.78 is 0. The number of carbonyl (C=O) groups excluding carboxylic acids is 3. The second kappa shape index (κ2) is 8.26. The Balaban J connectivity index is 1.63. The third-order valence-corrected chi connectivity index (χ3v) is 13.1. The van der Waals surface area contributed by atoms with Gasteiger partial charge in [-0.2, -0.15) is 0 Å². The summed E-state index contributed by atoms with van der Waals surface area (Å²) in [7, 11) is 1.49. The fraction of sp³-hybridized carbons (Fsp3) is 0.812. The lowest BCUT2D eigenvalue weighted by Gasteiger charge is -2.71. The molecule has 0 aromatic heterocycles. The molecule has 6 nitrogen and oxygen atoms in total. The van der Waals surface area contributed by atoms with Gasteiger partial charge in [-0.25, -0.2) is 10.3 Å². The number of hydroxylamine groups is 1. The largest absolute Gasteiger partial charge is 0.307 e. The molecule has 0 unspecified atom stereocenters. The average Bonchev–Trinajstić information content (AvgIpc) is 2.82. The van der Waals surface area contributed by atoms with Crippen LogP contribution in [0.3, 0.4) is 0 Å². The molecule has 208 valence electrons. The van der Waals surface area contributed by atoms with Gasteiger partial charge in [0, 0.05) is 17.8 Å². The summed E-state index contributed by atoms with van der Waals surface area (Å²) in [5, 5.41) is 0. The Hall–Kier alpha value is -2.00. The van der Waals surface area contributed by atoms with Crippen molar-refractivity contribution in [1.29, 1.82) is 0 Å². The van der Waals surface area contributed by atoms with E-state index in [0.717, 1.165) is 44.9 Å². The number of nitrogens with zero attached hydrogens (tertiary/aromatic N) is 1. The molecule has 0 spiro atoms. The topological polar surface area (TPSA) is 76.8 Å². The number of nitrogens with one attached hydrogen (secondary N) is 1. The second-order valence-corrected chi connectivity index (χ2v) is 15.5. The van der Waals surface area contributed by atoms with Crippen LogP contribution in [0.15, 0.2) is 11.8 Å². The molecule has 1 amide bonds. The Morgan fingerprint density at radius 1 is 0.974 bits per heavy atom. The molecule has 0 saturated heterocycles. The van der Waals surface area contributed by atoms with Crippen molar-refractivity contribution >= 4 is 17.5 Å². The van der Waals surface area contributed by atoms with Gasteiger partial charge < -0.3 is 4.79 Å². The number of carbonyl (C=O) groups is 3. The fourth-order valence-electron chi connectivity index (χ4n) is 10.9. The zero-order valence-electron chi connectivity index (χ0n) is 24.6. The Bertz CT molecular complexity index is 1160.